The first kappa shape index (κ1) is 13.2. The summed E-state index contributed by atoms with van der Waals surface area (Å²) in [6.45, 7) is 1.69. The molecule has 0 atom stereocenters. The molecule has 18 heavy (non-hydrogen) atoms. The van der Waals surface area contributed by atoms with Crippen LogP contribution in [0, 0.1) is 6.92 Å². The van der Waals surface area contributed by atoms with Crippen LogP contribution < -0.4 is 4.72 Å². The Hall–Kier alpha value is -1.22. The summed E-state index contributed by atoms with van der Waals surface area (Å²) in [4.78, 5) is 5.07. The van der Waals surface area contributed by atoms with Crippen molar-refractivity contribution in [1.29, 1.82) is 0 Å². The van der Waals surface area contributed by atoms with Gasteiger partial charge in [-0.3, -0.25) is 0 Å². The Balaban J connectivity index is 2.07. The second kappa shape index (κ2) is 5.19. The van der Waals surface area contributed by atoms with E-state index in [4.69, 9.17) is 9.52 Å². The van der Waals surface area contributed by atoms with Gasteiger partial charge in [0, 0.05) is 11.1 Å². The second-order valence-electron chi connectivity index (χ2n) is 3.57. The molecule has 0 fully saturated rings. The SMILES string of the molecule is Cc1cnc(CNS(=O)(=O)c2ccc(CO)o2)s1. The number of thiazole rings is 1. The van der Waals surface area contributed by atoms with Crippen LogP contribution in [0.3, 0.4) is 0 Å². The molecular formula is C10H12N2O4S2. The number of hydrogen-bond donors (Lipinski definition) is 2. The van der Waals surface area contributed by atoms with Crippen molar-refractivity contribution in [2.24, 2.45) is 0 Å². The maximum Gasteiger partial charge on any atom is 0.274 e. The summed E-state index contributed by atoms with van der Waals surface area (Å²) in [5, 5.41) is 9.29. The summed E-state index contributed by atoms with van der Waals surface area (Å²) >= 11 is 1.42. The van der Waals surface area contributed by atoms with Crippen molar-refractivity contribution in [1.82, 2.24) is 9.71 Å². The monoisotopic (exact) mass is 288 g/mol. The minimum absolute atomic E-state index is 0.121. The zero-order chi connectivity index (χ0) is 13.2. The number of rotatable bonds is 5. The number of nitrogens with zero attached hydrogens (tertiary/aromatic N) is 1. The van der Waals surface area contributed by atoms with Gasteiger partial charge >= 0.3 is 0 Å². The summed E-state index contributed by atoms with van der Waals surface area (Å²) in [5.41, 5.74) is 0. The minimum Gasteiger partial charge on any atom is -0.446 e. The molecule has 0 saturated carbocycles. The van der Waals surface area contributed by atoms with E-state index in [9.17, 15) is 8.42 Å². The van der Waals surface area contributed by atoms with Crippen LogP contribution in [0.25, 0.3) is 0 Å². The van der Waals surface area contributed by atoms with Crippen molar-refractivity contribution in [3.8, 4) is 0 Å². The highest BCUT2D eigenvalue weighted by atomic mass is 32.2. The summed E-state index contributed by atoms with van der Waals surface area (Å²) < 4.78 is 31.0. The van der Waals surface area contributed by atoms with Gasteiger partial charge in [-0.25, -0.2) is 18.1 Å². The van der Waals surface area contributed by atoms with Crippen molar-refractivity contribution in [2.45, 2.75) is 25.2 Å². The molecule has 0 spiro atoms. The van der Waals surface area contributed by atoms with Gasteiger partial charge < -0.3 is 9.52 Å². The van der Waals surface area contributed by atoms with Gasteiger partial charge in [-0.2, -0.15) is 0 Å². The number of sulfonamides is 1. The van der Waals surface area contributed by atoms with Crippen LogP contribution >= 0.6 is 11.3 Å². The molecule has 0 aliphatic heterocycles. The fraction of sp³-hybridized carbons (Fsp3) is 0.300. The number of aliphatic hydroxyl groups is 1. The molecule has 0 unspecified atom stereocenters. The largest absolute Gasteiger partial charge is 0.446 e. The Labute approximate surface area is 108 Å². The highest BCUT2D eigenvalue weighted by Crippen LogP contribution is 2.15. The number of aryl methyl sites for hydroxylation is 1. The summed E-state index contributed by atoms with van der Waals surface area (Å²) in [7, 11) is -3.70. The molecule has 0 bridgehead atoms. The highest BCUT2D eigenvalue weighted by Gasteiger charge is 2.18. The van der Waals surface area contributed by atoms with E-state index >= 15 is 0 Å². The van der Waals surface area contributed by atoms with Crippen LogP contribution in [-0.4, -0.2) is 18.5 Å². The van der Waals surface area contributed by atoms with Crippen molar-refractivity contribution < 1.29 is 17.9 Å². The predicted octanol–water partition coefficient (Wildman–Crippen LogP) is 1.02. The van der Waals surface area contributed by atoms with Crippen molar-refractivity contribution in [2.75, 3.05) is 0 Å². The molecule has 2 rings (SSSR count). The van der Waals surface area contributed by atoms with E-state index < -0.39 is 10.0 Å². The lowest BCUT2D eigenvalue weighted by Gasteiger charge is -2.01. The lowest BCUT2D eigenvalue weighted by Crippen LogP contribution is -2.22. The number of nitrogens with one attached hydrogen (secondary N) is 1. The van der Waals surface area contributed by atoms with E-state index in [2.05, 4.69) is 9.71 Å². The fourth-order valence-corrected chi connectivity index (χ4v) is 3.05. The number of hydrogen-bond acceptors (Lipinski definition) is 6. The number of aromatic nitrogens is 1. The Bertz CT molecular complexity index is 630. The van der Waals surface area contributed by atoms with Crippen LogP contribution in [-0.2, 0) is 23.2 Å². The molecule has 2 aromatic rings. The van der Waals surface area contributed by atoms with E-state index in [0.29, 0.717) is 5.01 Å². The maximum atomic E-state index is 11.8. The highest BCUT2D eigenvalue weighted by molar-refractivity contribution is 7.89. The second-order valence-corrected chi connectivity index (χ2v) is 6.59. The molecule has 0 amide bonds. The molecule has 8 heteroatoms. The minimum atomic E-state index is -3.70. The summed E-state index contributed by atoms with van der Waals surface area (Å²) in [6.07, 6.45) is 1.69. The average molecular weight is 288 g/mol. The molecule has 0 saturated heterocycles. The van der Waals surface area contributed by atoms with Gasteiger partial charge in [-0.05, 0) is 19.1 Å². The van der Waals surface area contributed by atoms with Gasteiger partial charge in [0.25, 0.3) is 10.0 Å². The van der Waals surface area contributed by atoms with Gasteiger partial charge in [0.2, 0.25) is 5.09 Å². The lowest BCUT2D eigenvalue weighted by molar-refractivity contribution is 0.236. The molecule has 0 radical (unpaired) electrons. The van der Waals surface area contributed by atoms with E-state index in [1.807, 2.05) is 6.92 Å². The quantitative estimate of drug-likeness (QED) is 0.856. The van der Waals surface area contributed by atoms with Crippen molar-refractivity contribution in [3.05, 3.63) is 34.0 Å². The molecule has 6 nitrogen and oxygen atoms in total. The standard InChI is InChI=1S/C10H12N2O4S2/c1-7-4-11-9(17-7)5-12-18(14,15)10-3-2-8(6-13)16-10/h2-4,12-13H,5-6H2,1H3. The lowest BCUT2D eigenvalue weighted by atomic mass is 10.5. The third-order valence-electron chi connectivity index (χ3n) is 2.14. The normalized spacial score (nSPS) is 11.9. The third-order valence-corrected chi connectivity index (χ3v) is 4.33. The zero-order valence-electron chi connectivity index (χ0n) is 9.58. The van der Waals surface area contributed by atoms with Crippen LogP contribution in [0.4, 0.5) is 0 Å². The fourth-order valence-electron chi connectivity index (χ4n) is 1.30. The molecule has 98 valence electrons. The molecule has 2 N–H and O–H groups in total. The van der Waals surface area contributed by atoms with Gasteiger partial charge in [-0.15, -0.1) is 11.3 Å². The first-order valence-electron chi connectivity index (χ1n) is 5.12. The van der Waals surface area contributed by atoms with E-state index in [-0.39, 0.29) is 24.0 Å². The summed E-state index contributed by atoms with van der Waals surface area (Å²) in [5.74, 6) is 0.209. The Kier molecular flexibility index (Phi) is 3.81. The molecule has 2 heterocycles. The van der Waals surface area contributed by atoms with Gasteiger partial charge in [-0.1, -0.05) is 0 Å². The molecule has 0 aromatic carbocycles. The number of aliphatic hydroxyl groups excluding tert-OH is 1. The molecule has 2 aromatic heterocycles. The summed E-state index contributed by atoms with van der Waals surface area (Å²) in [6, 6.07) is 2.73. The van der Waals surface area contributed by atoms with E-state index in [1.54, 1.807) is 6.20 Å². The average Bonchev–Trinajstić information content (AvgIpc) is 2.95. The Morgan fingerprint density at radius 1 is 1.50 bits per heavy atom. The Morgan fingerprint density at radius 3 is 2.83 bits per heavy atom. The van der Waals surface area contributed by atoms with Gasteiger partial charge in [0.15, 0.2) is 0 Å². The van der Waals surface area contributed by atoms with Gasteiger partial charge in [0.1, 0.15) is 17.4 Å². The molecule has 0 aliphatic rings. The third kappa shape index (κ3) is 2.96. The first-order chi connectivity index (χ1) is 8.51. The van der Waals surface area contributed by atoms with Crippen LogP contribution in [0.2, 0.25) is 0 Å². The van der Waals surface area contributed by atoms with Crippen molar-refractivity contribution in [3.63, 3.8) is 0 Å². The van der Waals surface area contributed by atoms with Gasteiger partial charge in [0.05, 0.1) is 6.54 Å². The predicted molar refractivity (Wildman–Crippen MR) is 65.5 cm³/mol. The Morgan fingerprint density at radius 2 is 2.28 bits per heavy atom. The van der Waals surface area contributed by atoms with E-state index in [1.165, 1.54) is 23.5 Å². The maximum absolute atomic E-state index is 11.8. The number of furan rings is 1. The zero-order valence-corrected chi connectivity index (χ0v) is 11.2. The first-order valence-corrected chi connectivity index (χ1v) is 7.42. The molecular weight excluding hydrogens is 276 g/mol. The topological polar surface area (TPSA) is 92.4 Å². The van der Waals surface area contributed by atoms with Crippen LogP contribution in [0.1, 0.15) is 15.6 Å². The van der Waals surface area contributed by atoms with E-state index in [0.717, 1.165) is 4.88 Å². The van der Waals surface area contributed by atoms with Crippen molar-refractivity contribution >= 4 is 21.4 Å². The van der Waals surface area contributed by atoms with Crippen LogP contribution in [0.15, 0.2) is 27.8 Å². The smallest absolute Gasteiger partial charge is 0.274 e. The molecule has 0 aliphatic carbocycles. The van der Waals surface area contributed by atoms with Crippen LogP contribution in [0.5, 0.6) is 0 Å².